The SMILES string of the molecule is CC(C)(C)/C=N/NC(=S)Nc1ccccc1. The molecule has 0 heterocycles. The van der Waals surface area contributed by atoms with Crippen molar-refractivity contribution in [1.29, 1.82) is 0 Å². The summed E-state index contributed by atoms with van der Waals surface area (Å²) in [4.78, 5) is 0. The van der Waals surface area contributed by atoms with Gasteiger partial charge in [0.15, 0.2) is 5.11 Å². The number of hydrazone groups is 1. The Balaban J connectivity index is 2.41. The number of thiocarbonyl (C=S) groups is 1. The van der Waals surface area contributed by atoms with E-state index in [0.29, 0.717) is 5.11 Å². The van der Waals surface area contributed by atoms with Gasteiger partial charge in [0.05, 0.1) is 0 Å². The molecule has 0 radical (unpaired) electrons. The predicted octanol–water partition coefficient (Wildman–Crippen LogP) is 3.00. The van der Waals surface area contributed by atoms with Crippen LogP contribution < -0.4 is 10.7 Å². The van der Waals surface area contributed by atoms with Gasteiger partial charge < -0.3 is 5.32 Å². The van der Waals surface area contributed by atoms with Gasteiger partial charge in [-0.3, -0.25) is 5.43 Å². The number of hydrogen-bond donors (Lipinski definition) is 2. The predicted molar refractivity (Wildman–Crippen MR) is 73.7 cm³/mol. The molecule has 0 aliphatic heterocycles. The minimum atomic E-state index is 0.0510. The largest absolute Gasteiger partial charge is 0.331 e. The molecule has 0 fully saturated rings. The lowest BCUT2D eigenvalue weighted by Crippen LogP contribution is -2.24. The summed E-state index contributed by atoms with van der Waals surface area (Å²) in [6.45, 7) is 6.23. The second-order valence-corrected chi connectivity index (χ2v) is 4.96. The average Bonchev–Trinajstić information content (AvgIpc) is 2.17. The average molecular weight is 235 g/mol. The molecule has 1 rings (SSSR count). The smallest absolute Gasteiger partial charge is 0.191 e. The first-order valence-electron chi connectivity index (χ1n) is 5.14. The lowest BCUT2D eigenvalue weighted by atomic mass is 9.99. The maximum absolute atomic E-state index is 5.09. The van der Waals surface area contributed by atoms with Crippen LogP contribution in [-0.4, -0.2) is 11.3 Å². The second-order valence-electron chi connectivity index (χ2n) is 4.56. The van der Waals surface area contributed by atoms with Gasteiger partial charge in [0, 0.05) is 11.9 Å². The van der Waals surface area contributed by atoms with Crippen molar-refractivity contribution in [2.24, 2.45) is 10.5 Å². The van der Waals surface area contributed by atoms with Crippen molar-refractivity contribution < 1.29 is 0 Å². The molecule has 0 amide bonds. The van der Waals surface area contributed by atoms with E-state index in [-0.39, 0.29) is 5.41 Å². The van der Waals surface area contributed by atoms with Crippen LogP contribution in [0.3, 0.4) is 0 Å². The summed E-state index contributed by atoms with van der Waals surface area (Å²) in [5.41, 5.74) is 3.78. The Labute approximate surface area is 102 Å². The number of rotatable bonds is 2. The quantitative estimate of drug-likeness (QED) is 0.470. The van der Waals surface area contributed by atoms with E-state index in [0.717, 1.165) is 5.69 Å². The number of hydrogen-bond acceptors (Lipinski definition) is 2. The Bertz CT molecular complexity index is 366. The first-order valence-corrected chi connectivity index (χ1v) is 5.54. The lowest BCUT2D eigenvalue weighted by Gasteiger charge is -2.11. The third kappa shape index (κ3) is 5.46. The Kier molecular flexibility index (Phi) is 4.43. The highest BCUT2D eigenvalue weighted by molar-refractivity contribution is 7.80. The van der Waals surface area contributed by atoms with Crippen LogP contribution in [0.1, 0.15) is 20.8 Å². The van der Waals surface area contributed by atoms with E-state index in [9.17, 15) is 0 Å². The molecular formula is C12H17N3S. The van der Waals surface area contributed by atoms with E-state index < -0.39 is 0 Å². The van der Waals surface area contributed by atoms with E-state index >= 15 is 0 Å². The van der Waals surface area contributed by atoms with Crippen molar-refractivity contribution >= 4 is 29.2 Å². The molecule has 3 nitrogen and oxygen atoms in total. The van der Waals surface area contributed by atoms with Crippen molar-refractivity contribution in [1.82, 2.24) is 5.43 Å². The third-order valence-electron chi connectivity index (χ3n) is 1.65. The van der Waals surface area contributed by atoms with Crippen LogP contribution in [0, 0.1) is 5.41 Å². The van der Waals surface area contributed by atoms with Gasteiger partial charge in [-0.05, 0) is 29.8 Å². The summed E-state index contributed by atoms with van der Waals surface area (Å²) < 4.78 is 0. The van der Waals surface area contributed by atoms with Gasteiger partial charge >= 0.3 is 0 Å². The van der Waals surface area contributed by atoms with Gasteiger partial charge in [0.2, 0.25) is 0 Å². The third-order valence-corrected chi connectivity index (χ3v) is 1.84. The molecular weight excluding hydrogens is 218 g/mol. The summed E-state index contributed by atoms with van der Waals surface area (Å²) in [5.74, 6) is 0. The number of benzene rings is 1. The standard InChI is InChI=1S/C12H17N3S/c1-12(2,3)9-13-15-11(16)14-10-7-5-4-6-8-10/h4-9H,1-3H3,(H2,14,15,16)/b13-9+. The lowest BCUT2D eigenvalue weighted by molar-refractivity contribution is 0.603. The van der Waals surface area contributed by atoms with Crippen LogP contribution in [0.15, 0.2) is 35.4 Å². The van der Waals surface area contributed by atoms with Crippen LogP contribution in [0.25, 0.3) is 0 Å². The maximum atomic E-state index is 5.09. The van der Waals surface area contributed by atoms with Gasteiger partial charge in [0.1, 0.15) is 0 Å². The van der Waals surface area contributed by atoms with Crippen molar-refractivity contribution in [3.05, 3.63) is 30.3 Å². The van der Waals surface area contributed by atoms with Crippen LogP contribution in [0.4, 0.5) is 5.69 Å². The zero-order valence-corrected chi connectivity index (χ0v) is 10.6. The fourth-order valence-electron chi connectivity index (χ4n) is 0.965. The molecule has 0 spiro atoms. The first-order chi connectivity index (χ1) is 7.47. The summed E-state index contributed by atoms with van der Waals surface area (Å²) in [6.07, 6.45) is 1.83. The number of para-hydroxylation sites is 1. The molecule has 16 heavy (non-hydrogen) atoms. The molecule has 0 unspecified atom stereocenters. The van der Waals surface area contributed by atoms with E-state index in [4.69, 9.17) is 12.2 Å². The summed E-state index contributed by atoms with van der Waals surface area (Å²) >= 11 is 5.09. The van der Waals surface area contributed by atoms with Crippen LogP contribution in [-0.2, 0) is 0 Å². The molecule has 4 heteroatoms. The monoisotopic (exact) mass is 235 g/mol. The molecule has 0 saturated heterocycles. The molecule has 0 bridgehead atoms. The molecule has 0 aliphatic carbocycles. The fourth-order valence-corrected chi connectivity index (χ4v) is 1.14. The molecule has 0 saturated carbocycles. The highest BCUT2D eigenvalue weighted by Gasteiger charge is 2.04. The van der Waals surface area contributed by atoms with Crippen LogP contribution >= 0.6 is 12.2 Å². The summed E-state index contributed by atoms with van der Waals surface area (Å²) in [7, 11) is 0. The Morgan fingerprint density at radius 1 is 1.25 bits per heavy atom. The van der Waals surface area contributed by atoms with E-state index in [1.165, 1.54) is 0 Å². The second kappa shape index (κ2) is 5.61. The van der Waals surface area contributed by atoms with E-state index in [1.54, 1.807) is 0 Å². The zero-order valence-electron chi connectivity index (χ0n) is 9.82. The fraction of sp³-hybridized carbons (Fsp3) is 0.333. The highest BCUT2D eigenvalue weighted by Crippen LogP contribution is 2.08. The maximum Gasteiger partial charge on any atom is 0.191 e. The van der Waals surface area contributed by atoms with Gasteiger partial charge in [-0.25, -0.2) is 0 Å². The Morgan fingerprint density at radius 2 is 1.88 bits per heavy atom. The van der Waals surface area contributed by atoms with Crippen molar-refractivity contribution in [2.45, 2.75) is 20.8 Å². The first kappa shape index (κ1) is 12.6. The number of anilines is 1. The Hall–Kier alpha value is -1.42. The minimum absolute atomic E-state index is 0.0510. The van der Waals surface area contributed by atoms with Crippen LogP contribution in [0.2, 0.25) is 0 Å². The number of nitrogens with one attached hydrogen (secondary N) is 2. The summed E-state index contributed by atoms with van der Waals surface area (Å²) in [6, 6.07) is 9.75. The zero-order chi connectivity index (χ0) is 12.0. The van der Waals surface area contributed by atoms with Gasteiger partial charge in [-0.2, -0.15) is 5.10 Å². The molecule has 1 aromatic rings. The summed E-state index contributed by atoms with van der Waals surface area (Å²) in [5, 5.41) is 7.59. The molecule has 2 N–H and O–H groups in total. The van der Waals surface area contributed by atoms with Gasteiger partial charge in [-0.1, -0.05) is 39.0 Å². The van der Waals surface area contributed by atoms with E-state index in [1.807, 2.05) is 36.5 Å². The minimum Gasteiger partial charge on any atom is -0.331 e. The van der Waals surface area contributed by atoms with Gasteiger partial charge in [0.25, 0.3) is 0 Å². The van der Waals surface area contributed by atoms with Crippen LogP contribution in [0.5, 0.6) is 0 Å². The molecule has 0 atom stereocenters. The van der Waals surface area contributed by atoms with Crippen molar-refractivity contribution in [3.63, 3.8) is 0 Å². The number of nitrogens with zero attached hydrogens (tertiary/aromatic N) is 1. The van der Waals surface area contributed by atoms with Gasteiger partial charge in [-0.15, -0.1) is 0 Å². The van der Waals surface area contributed by atoms with Crippen molar-refractivity contribution in [2.75, 3.05) is 5.32 Å². The highest BCUT2D eigenvalue weighted by atomic mass is 32.1. The topological polar surface area (TPSA) is 36.4 Å². The Morgan fingerprint density at radius 3 is 2.44 bits per heavy atom. The van der Waals surface area contributed by atoms with Crippen molar-refractivity contribution in [3.8, 4) is 0 Å². The molecule has 86 valence electrons. The molecule has 0 aliphatic rings. The molecule has 0 aromatic heterocycles. The molecule has 1 aromatic carbocycles. The van der Waals surface area contributed by atoms with E-state index in [2.05, 4.69) is 36.6 Å². The normalized spacial score (nSPS) is 11.4.